The molecule has 0 aliphatic carbocycles. The highest BCUT2D eigenvalue weighted by atomic mass is 16.7. The van der Waals surface area contributed by atoms with E-state index < -0.39 is 29.8 Å². The fourth-order valence-corrected chi connectivity index (χ4v) is 0.716. The average molecular weight is 204 g/mol. The lowest BCUT2D eigenvalue weighted by Gasteiger charge is -2.14. The van der Waals surface area contributed by atoms with Crippen LogP contribution in [0.2, 0.25) is 0 Å². The molecule has 0 atom stereocenters. The summed E-state index contributed by atoms with van der Waals surface area (Å²) >= 11 is 0. The number of hydrazine groups is 1. The Morgan fingerprint density at radius 3 is 1.64 bits per heavy atom. The second kappa shape index (κ2) is 5.73. The third kappa shape index (κ3) is 5.75. The largest absolute Gasteiger partial charge is 0.550 e. The standard InChI is InChI=1S/C6H10N2O6/c9-5(10)1-3-7(8(13)14)4-2-6(11)12/h1-4H2,(H,9,10)(H,11,12)/p-2. The van der Waals surface area contributed by atoms with E-state index in [4.69, 9.17) is 0 Å². The van der Waals surface area contributed by atoms with Gasteiger partial charge in [0.15, 0.2) is 5.03 Å². The maximum atomic E-state index is 10.2. The quantitative estimate of drug-likeness (QED) is 0.315. The predicted molar refractivity (Wildman–Crippen MR) is 37.8 cm³/mol. The molecule has 0 N–H and O–H groups in total. The SMILES string of the molecule is O=C([O-])CCN(CCC(=O)[O-])[N+](=O)[O-]. The highest BCUT2D eigenvalue weighted by Crippen LogP contribution is 1.93. The summed E-state index contributed by atoms with van der Waals surface area (Å²) in [6.45, 7) is -0.773. The summed E-state index contributed by atoms with van der Waals surface area (Å²) in [6, 6.07) is 0. The number of carboxylic acids is 2. The number of rotatable bonds is 7. The van der Waals surface area contributed by atoms with Crippen molar-refractivity contribution in [3.63, 3.8) is 0 Å². The molecule has 14 heavy (non-hydrogen) atoms. The molecule has 8 nitrogen and oxygen atoms in total. The van der Waals surface area contributed by atoms with Gasteiger partial charge < -0.3 is 19.8 Å². The van der Waals surface area contributed by atoms with Gasteiger partial charge in [0.25, 0.3) is 0 Å². The lowest BCUT2D eigenvalue weighted by Crippen LogP contribution is -2.38. The topological polar surface area (TPSA) is 127 Å². The maximum absolute atomic E-state index is 10.2. The van der Waals surface area contributed by atoms with E-state index in [-0.39, 0.29) is 13.1 Å². The first-order valence-corrected chi connectivity index (χ1v) is 3.72. The first-order chi connectivity index (χ1) is 6.43. The molecule has 8 heteroatoms. The Morgan fingerprint density at radius 2 is 1.43 bits per heavy atom. The van der Waals surface area contributed by atoms with Crippen molar-refractivity contribution >= 4 is 11.9 Å². The van der Waals surface area contributed by atoms with Gasteiger partial charge in [0.1, 0.15) is 0 Å². The summed E-state index contributed by atoms with van der Waals surface area (Å²) in [5.74, 6) is -2.85. The van der Waals surface area contributed by atoms with Crippen LogP contribution in [0.1, 0.15) is 12.8 Å². The zero-order valence-electron chi connectivity index (χ0n) is 7.17. The number of carbonyl (C=O) groups is 2. The van der Waals surface area contributed by atoms with Crippen LogP contribution in [-0.4, -0.2) is 35.1 Å². The lowest BCUT2D eigenvalue weighted by atomic mass is 10.4. The smallest absolute Gasteiger partial charge is 0.160 e. The number of carbonyl (C=O) groups excluding carboxylic acids is 2. The van der Waals surface area contributed by atoms with Crippen LogP contribution >= 0.6 is 0 Å². The number of carboxylic acid groups (broad SMARTS) is 2. The molecule has 0 unspecified atom stereocenters. The molecule has 80 valence electrons. The molecule has 0 heterocycles. The van der Waals surface area contributed by atoms with Gasteiger partial charge in [0, 0.05) is 24.8 Å². The van der Waals surface area contributed by atoms with E-state index in [1.54, 1.807) is 0 Å². The first-order valence-electron chi connectivity index (χ1n) is 3.72. The van der Waals surface area contributed by atoms with Gasteiger partial charge >= 0.3 is 0 Å². The summed E-state index contributed by atoms with van der Waals surface area (Å²) < 4.78 is 0. The number of nitro groups is 1. The highest BCUT2D eigenvalue weighted by Gasteiger charge is 2.12. The van der Waals surface area contributed by atoms with Crippen LogP contribution in [0.4, 0.5) is 0 Å². The monoisotopic (exact) mass is 204 g/mol. The van der Waals surface area contributed by atoms with E-state index in [2.05, 4.69) is 0 Å². The molecule has 0 saturated heterocycles. The molecule has 0 saturated carbocycles. The van der Waals surface area contributed by atoms with E-state index in [9.17, 15) is 29.9 Å². The molecule has 0 aliphatic rings. The van der Waals surface area contributed by atoms with Crippen molar-refractivity contribution < 1.29 is 24.8 Å². The summed E-state index contributed by atoms with van der Waals surface area (Å²) in [5, 5.41) is 29.8. The molecule has 0 rings (SSSR count). The average Bonchev–Trinajstić information content (AvgIpc) is 2.02. The van der Waals surface area contributed by atoms with Gasteiger partial charge in [-0.05, 0) is 0 Å². The summed E-state index contributed by atoms with van der Waals surface area (Å²) in [6.07, 6.45) is -1.04. The highest BCUT2D eigenvalue weighted by molar-refractivity contribution is 5.65. The Balaban J connectivity index is 3.96. The first kappa shape index (κ1) is 12.1. The zero-order chi connectivity index (χ0) is 11.1. The second-order valence-electron chi connectivity index (χ2n) is 2.44. The van der Waals surface area contributed by atoms with Crippen molar-refractivity contribution in [3.05, 3.63) is 10.1 Å². The summed E-state index contributed by atoms with van der Waals surface area (Å²) in [7, 11) is 0. The van der Waals surface area contributed by atoms with Gasteiger partial charge in [-0.15, -0.1) is 5.01 Å². The van der Waals surface area contributed by atoms with Crippen LogP contribution < -0.4 is 10.2 Å². The van der Waals surface area contributed by atoms with Gasteiger partial charge in [-0.25, -0.2) is 10.1 Å². The second-order valence-corrected chi connectivity index (χ2v) is 2.44. The zero-order valence-corrected chi connectivity index (χ0v) is 7.17. The molecule has 0 bridgehead atoms. The molecule has 0 amide bonds. The van der Waals surface area contributed by atoms with Crippen molar-refractivity contribution in [2.24, 2.45) is 0 Å². The summed E-state index contributed by atoms with van der Waals surface area (Å²) in [4.78, 5) is 30.2. The van der Waals surface area contributed by atoms with Crippen molar-refractivity contribution in [3.8, 4) is 0 Å². The third-order valence-corrected chi connectivity index (χ3v) is 1.38. The van der Waals surface area contributed by atoms with Crippen molar-refractivity contribution in [2.45, 2.75) is 12.8 Å². The minimum absolute atomic E-state index is 0.386. The van der Waals surface area contributed by atoms with Crippen LogP contribution in [0, 0.1) is 10.1 Å². The molecule has 0 aromatic rings. The normalized spacial score (nSPS) is 9.43. The van der Waals surface area contributed by atoms with Crippen LogP contribution in [0.25, 0.3) is 0 Å². The number of aliphatic carboxylic acids is 2. The van der Waals surface area contributed by atoms with Gasteiger partial charge in [0.05, 0.1) is 13.1 Å². The molecule has 0 aliphatic heterocycles. The lowest BCUT2D eigenvalue weighted by molar-refractivity contribution is -0.655. The van der Waals surface area contributed by atoms with Gasteiger partial charge in [-0.3, -0.25) is 0 Å². The molecule has 0 aromatic carbocycles. The number of nitrogens with zero attached hydrogens (tertiary/aromatic N) is 2. The van der Waals surface area contributed by atoms with E-state index >= 15 is 0 Å². The fraction of sp³-hybridized carbons (Fsp3) is 0.667. The van der Waals surface area contributed by atoms with Crippen LogP contribution in [0.5, 0.6) is 0 Å². The molecular weight excluding hydrogens is 196 g/mol. The molecule has 0 spiro atoms. The Morgan fingerprint density at radius 1 is 1.07 bits per heavy atom. The molecule has 0 fully saturated rings. The molecular formula is C6H8N2O6-2. The molecule has 0 aromatic heterocycles. The van der Waals surface area contributed by atoms with Crippen molar-refractivity contribution in [1.82, 2.24) is 5.01 Å². The Hall–Kier alpha value is -1.86. The maximum Gasteiger partial charge on any atom is 0.160 e. The Kier molecular flexibility index (Phi) is 4.97. The van der Waals surface area contributed by atoms with E-state index in [0.29, 0.717) is 5.01 Å². The summed E-state index contributed by atoms with van der Waals surface area (Å²) in [5.41, 5.74) is 0. The van der Waals surface area contributed by atoms with Gasteiger partial charge in [-0.1, -0.05) is 0 Å². The number of hydrogen-bond donors (Lipinski definition) is 0. The van der Waals surface area contributed by atoms with Crippen LogP contribution in [-0.2, 0) is 9.59 Å². The van der Waals surface area contributed by atoms with Crippen molar-refractivity contribution in [2.75, 3.05) is 13.1 Å². The van der Waals surface area contributed by atoms with Crippen molar-refractivity contribution in [1.29, 1.82) is 0 Å². The predicted octanol–water partition coefficient (Wildman–Crippen LogP) is -3.24. The van der Waals surface area contributed by atoms with Gasteiger partial charge in [0.2, 0.25) is 0 Å². The Bertz CT molecular complexity index is 222. The Labute approximate surface area is 78.9 Å². The van der Waals surface area contributed by atoms with Crippen LogP contribution in [0.3, 0.4) is 0 Å². The molecule has 0 radical (unpaired) electrons. The third-order valence-electron chi connectivity index (χ3n) is 1.38. The van der Waals surface area contributed by atoms with Gasteiger partial charge in [-0.2, -0.15) is 0 Å². The minimum atomic E-state index is -1.43. The minimum Gasteiger partial charge on any atom is -0.550 e. The van der Waals surface area contributed by atoms with E-state index in [0.717, 1.165) is 0 Å². The van der Waals surface area contributed by atoms with E-state index in [1.165, 1.54) is 0 Å². The van der Waals surface area contributed by atoms with Crippen LogP contribution in [0.15, 0.2) is 0 Å². The van der Waals surface area contributed by atoms with E-state index in [1.807, 2.05) is 0 Å². The number of hydrogen-bond acceptors (Lipinski definition) is 6. The fourth-order valence-electron chi connectivity index (χ4n) is 0.716.